The van der Waals surface area contributed by atoms with Crippen molar-refractivity contribution in [2.24, 2.45) is 7.05 Å². The van der Waals surface area contributed by atoms with Crippen LogP contribution in [0.5, 0.6) is 0 Å². The number of nitrogens with zero attached hydrogens (tertiary/aromatic N) is 1. The van der Waals surface area contributed by atoms with Crippen molar-refractivity contribution in [1.29, 1.82) is 0 Å². The van der Waals surface area contributed by atoms with Crippen molar-refractivity contribution >= 4 is 28.2 Å². The van der Waals surface area contributed by atoms with Gasteiger partial charge >= 0.3 is 0 Å². The lowest BCUT2D eigenvalue weighted by molar-refractivity contribution is 0.101. The van der Waals surface area contributed by atoms with Crippen molar-refractivity contribution in [2.75, 3.05) is 5.32 Å². The van der Waals surface area contributed by atoms with Crippen molar-refractivity contribution in [3.63, 3.8) is 0 Å². The third-order valence-corrected chi connectivity index (χ3v) is 3.88. The Bertz CT molecular complexity index is 1000. The van der Waals surface area contributed by atoms with Gasteiger partial charge in [0.15, 0.2) is 5.78 Å². The SMILES string of the molecule is CC(=O)c1ccc(NC(=O)c2cn(C)c(=O)c3ccccc23)cc1. The van der Waals surface area contributed by atoms with Crippen LogP contribution >= 0.6 is 0 Å². The van der Waals surface area contributed by atoms with E-state index in [1.807, 2.05) is 0 Å². The topological polar surface area (TPSA) is 68.2 Å². The summed E-state index contributed by atoms with van der Waals surface area (Å²) in [6, 6.07) is 13.7. The van der Waals surface area contributed by atoms with Gasteiger partial charge in [0.05, 0.1) is 5.56 Å². The van der Waals surface area contributed by atoms with Crippen LogP contribution in [-0.2, 0) is 7.05 Å². The molecule has 5 heteroatoms. The summed E-state index contributed by atoms with van der Waals surface area (Å²) in [4.78, 5) is 36.1. The van der Waals surface area contributed by atoms with Crippen molar-refractivity contribution < 1.29 is 9.59 Å². The lowest BCUT2D eigenvalue weighted by Gasteiger charge is -2.10. The third kappa shape index (κ3) is 2.84. The molecule has 1 N–H and O–H groups in total. The van der Waals surface area contributed by atoms with E-state index < -0.39 is 0 Å². The van der Waals surface area contributed by atoms with E-state index in [1.54, 1.807) is 55.6 Å². The zero-order chi connectivity index (χ0) is 17.3. The fourth-order valence-electron chi connectivity index (χ4n) is 2.58. The standard InChI is InChI=1S/C19H16N2O3/c1-12(22)13-7-9-14(10-8-13)20-18(23)17-11-21(2)19(24)16-6-4-3-5-15(16)17/h3-11H,1-2H3,(H,20,23). The monoisotopic (exact) mass is 320 g/mol. The first kappa shape index (κ1) is 15.7. The van der Waals surface area contributed by atoms with E-state index in [1.165, 1.54) is 17.7 Å². The quantitative estimate of drug-likeness (QED) is 0.754. The van der Waals surface area contributed by atoms with Crippen LogP contribution in [0.3, 0.4) is 0 Å². The molecule has 0 unspecified atom stereocenters. The van der Waals surface area contributed by atoms with Gasteiger partial charge in [0.1, 0.15) is 0 Å². The van der Waals surface area contributed by atoms with Crippen LogP contribution in [-0.4, -0.2) is 16.3 Å². The van der Waals surface area contributed by atoms with Gasteiger partial charge in [0.2, 0.25) is 0 Å². The lowest BCUT2D eigenvalue weighted by Crippen LogP contribution is -2.21. The van der Waals surface area contributed by atoms with Crippen LogP contribution in [0.4, 0.5) is 5.69 Å². The number of hydrogen-bond donors (Lipinski definition) is 1. The molecule has 5 nitrogen and oxygen atoms in total. The maximum atomic E-state index is 12.6. The minimum Gasteiger partial charge on any atom is -0.322 e. The smallest absolute Gasteiger partial charge is 0.258 e. The number of anilines is 1. The second kappa shape index (κ2) is 6.12. The predicted octanol–water partition coefficient (Wildman–Crippen LogP) is 2.99. The van der Waals surface area contributed by atoms with Gasteiger partial charge in [-0.2, -0.15) is 0 Å². The summed E-state index contributed by atoms with van der Waals surface area (Å²) in [5, 5.41) is 3.91. The number of carbonyl (C=O) groups excluding carboxylic acids is 2. The number of ketones is 1. The maximum Gasteiger partial charge on any atom is 0.258 e. The average molecular weight is 320 g/mol. The molecule has 3 rings (SSSR count). The number of aromatic nitrogens is 1. The minimum absolute atomic E-state index is 0.0306. The molecule has 0 atom stereocenters. The Hall–Kier alpha value is -3.21. The summed E-state index contributed by atoms with van der Waals surface area (Å²) in [6.45, 7) is 1.49. The first-order valence-corrected chi connectivity index (χ1v) is 7.48. The van der Waals surface area contributed by atoms with Gasteiger partial charge < -0.3 is 9.88 Å². The van der Waals surface area contributed by atoms with Gasteiger partial charge in [-0.3, -0.25) is 14.4 Å². The van der Waals surface area contributed by atoms with E-state index in [0.29, 0.717) is 27.6 Å². The van der Waals surface area contributed by atoms with Crippen LogP contribution < -0.4 is 10.9 Å². The zero-order valence-electron chi connectivity index (χ0n) is 13.4. The molecule has 3 aromatic rings. The summed E-state index contributed by atoms with van der Waals surface area (Å²) >= 11 is 0. The minimum atomic E-state index is -0.308. The number of pyridine rings is 1. The second-order valence-corrected chi connectivity index (χ2v) is 5.59. The molecule has 0 radical (unpaired) electrons. The molecule has 1 amide bonds. The fraction of sp³-hybridized carbons (Fsp3) is 0.105. The molecule has 0 bridgehead atoms. The first-order chi connectivity index (χ1) is 11.5. The van der Waals surface area contributed by atoms with E-state index >= 15 is 0 Å². The molecule has 120 valence electrons. The Labute approximate surface area is 138 Å². The van der Waals surface area contributed by atoms with Crippen molar-refractivity contribution in [3.8, 4) is 0 Å². The molecule has 0 saturated heterocycles. The van der Waals surface area contributed by atoms with E-state index in [9.17, 15) is 14.4 Å². The number of hydrogen-bond acceptors (Lipinski definition) is 3. The first-order valence-electron chi connectivity index (χ1n) is 7.48. The Kier molecular flexibility index (Phi) is 4.00. The van der Waals surface area contributed by atoms with Crippen LogP contribution in [0.15, 0.2) is 59.5 Å². The Morgan fingerprint density at radius 1 is 0.958 bits per heavy atom. The summed E-state index contributed by atoms with van der Waals surface area (Å²) in [5.74, 6) is -0.339. The van der Waals surface area contributed by atoms with E-state index in [-0.39, 0.29) is 17.2 Å². The number of benzene rings is 2. The van der Waals surface area contributed by atoms with Crippen LogP contribution in [0, 0.1) is 0 Å². The van der Waals surface area contributed by atoms with Gasteiger partial charge in [-0.05, 0) is 37.3 Å². The van der Waals surface area contributed by atoms with E-state index in [0.717, 1.165) is 0 Å². The van der Waals surface area contributed by atoms with Gasteiger partial charge in [-0.25, -0.2) is 0 Å². The van der Waals surface area contributed by atoms with Crippen molar-refractivity contribution in [2.45, 2.75) is 6.92 Å². The molecular weight excluding hydrogens is 304 g/mol. The Morgan fingerprint density at radius 3 is 2.21 bits per heavy atom. The Morgan fingerprint density at radius 2 is 1.58 bits per heavy atom. The molecule has 0 aliphatic carbocycles. The number of carbonyl (C=O) groups is 2. The molecule has 24 heavy (non-hydrogen) atoms. The van der Waals surface area contributed by atoms with Gasteiger partial charge in [-0.1, -0.05) is 18.2 Å². The number of amides is 1. The van der Waals surface area contributed by atoms with Gasteiger partial charge in [-0.15, -0.1) is 0 Å². The molecule has 1 aromatic heterocycles. The van der Waals surface area contributed by atoms with Crippen molar-refractivity contribution in [3.05, 3.63) is 76.2 Å². The van der Waals surface area contributed by atoms with Crippen LogP contribution in [0.25, 0.3) is 10.8 Å². The fourth-order valence-corrected chi connectivity index (χ4v) is 2.58. The van der Waals surface area contributed by atoms with E-state index in [4.69, 9.17) is 0 Å². The molecule has 1 heterocycles. The van der Waals surface area contributed by atoms with E-state index in [2.05, 4.69) is 5.32 Å². The molecule has 2 aromatic carbocycles. The van der Waals surface area contributed by atoms with Crippen molar-refractivity contribution in [1.82, 2.24) is 4.57 Å². The summed E-state index contributed by atoms with van der Waals surface area (Å²) < 4.78 is 1.40. The lowest BCUT2D eigenvalue weighted by atomic mass is 10.1. The number of aryl methyl sites for hydroxylation is 1. The van der Waals surface area contributed by atoms with Gasteiger partial charge in [0.25, 0.3) is 11.5 Å². The average Bonchev–Trinajstić information content (AvgIpc) is 2.58. The molecule has 0 fully saturated rings. The molecule has 0 saturated carbocycles. The number of fused-ring (bicyclic) bond motifs is 1. The highest BCUT2D eigenvalue weighted by Gasteiger charge is 2.13. The Balaban J connectivity index is 1.98. The van der Waals surface area contributed by atoms with Crippen LogP contribution in [0.1, 0.15) is 27.6 Å². The predicted molar refractivity (Wildman–Crippen MR) is 93.6 cm³/mol. The summed E-state index contributed by atoms with van der Waals surface area (Å²) in [5.41, 5.74) is 1.44. The van der Waals surface area contributed by atoms with Crippen LogP contribution in [0.2, 0.25) is 0 Å². The zero-order valence-corrected chi connectivity index (χ0v) is 13.4. The molecule has 0 spiro atoms. The second-order valence-electron chi connectivity index (χ2n) is 5.59. The maximum absolute atomic E-state index is 12.6. The third-order valence-electron chi connectivity index (χ3n) is 3.88. The molecule has 0 aliphatic rings. The highest BCUT2D eigenvalue weighted by Crippen LogP contribution is 2.17. The highest BCUT2D eigenvalue weighted by molar-refractivity contribution is 6.12. The summed E-state index contributed by atoms with van der Waals surface area (Å²) in [6.07, 6.45) is 1.53. The highest BCUT2D eigenvalue weighted by atomic mass is 16.2. The normalized spacial score (nSPS) is 10.6. The molecule has 0 aliphatic heterocycles. The number of rotatable bonds is 3. The largest absolute Gasteiger partial charge is 0.322 e. The summed E-state index contributed by atoms with van der Waals surface area (Å²) in [7, 11) is 1.62. The number of Topliss-reactive ketones (excluding diaryl/α,β-unsaturated/α-hetero) is 1. The molecular formula is C19H16N2O3. The van der Waals surface area contributed by atoms with Gasteiger partial charge in [0, 0.05) is 35.3 Å². The number of nitrogens with one attached hydrogen (secondary N) is 1.